The molecular weight excluding hydrogens is 220 g/mol. The summed E-state index contributed by atoms with van der Waals surface area (Å²) in [7, 11) is 0. The number of hydrogen-bond acceptors (Lipinski definition) is 4. The molecule has 1 N–H and O–H groups in total. The number of carboxylic acid groups (broad SMARTS) is 1. The molecule has 0 saturated carbocycles. The Bertz CT molecular complexity index is 549. The number of rotatable bonds is 4. The average Bonchev–Trinajstić information content (AvgIpc) is 2.82. The van der Waals surface area contributed by atoms with E-state index in [2.05, 4.69) is 22.1 Å². The van der Waals surface area contributed by atoms with E-state index in [-0.39, 0.29) is 6.42 Å². The van der Waals surface area contributed by atoms with Gasteiger partial charge in [0.15, 0.2) is 0 Å². The lowest BCUT2D eigenvalue weighted by molar-refractivity contribution is -0.136. The van der Waals surface area contributed by atoms with E-state index >= 15 is 0 Å². The minimum atomic E-state index is -0.872. The van der Waals surface area contributed by atoms with Gasteiger partial charge in [0, 0.05) is 0 Å². The molecule has 0 radical (unpaired) electrons. The highest BCUT2D eigenvalue weighted by Crippen LogP contribution is 2.16. The third-order valence-electron chi connectivity index (χ3n) is 2.30. The highest BCUT2D eigenvalue weighted by atomic mass is 16.4. The molecule has 0 unspecified atom stereocenters. The zero-order valence-electron chi connectivity index (χ0n) is 8.95. The first-order chi connectivity index (χ1) is 8.20. The predicted octanol–water partition coefficient (Wildman–Crippen LogP) is 0.932. The van der Waals surface area contributed by atoms with Gasteiger partial charge in [0.2, 0.25) is 0 Å². The maximum absolute atomic E-state index is 10.7. The largest absolute Gasteiger partial charge is 0.481 e. The molecule has 6 nitrogen and oxygen atoms in total. The molecule has 0 aliphatic carbocycles. The average molecular weight is 230 g/mol. The van der Waals surface area contributed by atoms with Gasteiger partial charge in [-0.25, -0.2) is 4.68 Å². The molecule has 0 atom stereocenters. The summed E-state index contributed by atoms with van der Waals surface area (Å²) in [4.78, 5) is 10.7. The number of hydrogen-bond donors (Lipinski definition) is 1. The normalized spacial score (nSPS) is 10.1. The van der Waals surface area contributed by atoms with Gasteiger partial charge in [0.25, 0.3) is 0 Å². The van der Waals surface area contributed by atoms with Crippen molar-refractivity contribution < 1.29 is 9.90 Å². The van der Waals surface area contributed by atoms with Crippen LogP contribution in [0.5, 0.6) is 0 Å². The summed E-state index contributed by atoms with van der Waals surface area (Å²) < 4.78 is 1.50. The summed E-state index contributed by atoms with van der Waals surface area (Å²) >= 11 is 0. The number of tetrazole rings is 1. The SMILES string of the molecule is C=Cc1cc(-n2cnnn2)ccc1CC(=O)O. The van der Waals surface area contributed by atoms with Crippen LogP contribution >= 0.6 is 0 Å². The molecular formula is C11H10N4O2. The first kappa shape index (κ1) is 11.0. The Morgan fingerprint density at radius 1 is 1.53 bits per heavy atom. The Labute approximate surface area is 97.2 Å². The smallest absolute Gasteiger partial charge is 0.307 e. The Morgan fingerprint density at radius 3 is 2.94 bits per heavy atom. The van der Waals surface area contributed by atoms with Gasteiger partial charge in [-0.1, -0.05) is 18.7 Å². The van der Waals surface area contributed by atoms with E-state index in [1.54, 1.807) is 24.3 Å². The third kappa shape index (κ3) is 2.36. The van der Waals surface area contributed by atoms with Crippen molar-refractivity contribution in [1.29, 1.82) is 0 Å². The van der Waals surface area contributed by atoms with Gasteiger partial charge in [0.05, 0.1) is 12.1 Å². The van der Waals surface area contributed by atoms with Crippen LogP contribution in [0, 0.1) is 0 Å². The number of aliphatic carboxylic acids is 1. The first-order valence-corrected chi connectivity index (χ1v) is 4.91. The summed E-state index contributed by atoms with van der Waals surface area (Å²) in [5.41, 5.74) is 2.24. The van der Waals surface area contributed by atoms with Crippen LogP contribution in [0.15, 0.2) is 31.1 Å². The molecule has 0 spiro atoms. The summed E-state index contributed by atoms with van der Waals surface area (Å²) in [5, 5.41) is 19.6. The Kier molecular flexibility index (Phi) is 2.95. The first-order valence-electron chi connectivity index (χ1n) is 4.91. The highest BCUT2D eigenvalue weighted by molar-refractivity contribution is 5.73. The second-order valence-corrected chi connectivity index (χ2v) is 3.41. The molecule has 0 amide bonds. The van der Waals surface area contributed by atoms with Gasteiger partial charge in [0.1, 0.15) is 6.33 Å². The summed E-state index contributed by atoms with van der Waals surface area (Å²) in [6, 6.07) is 5.30. The third-order valence-corrected chi connectivity index (χ3v) is 2.30. The van der Waals surface area contributed by atoms with Gasteiger partial charge in [-0.3, -0.25) is 4.79 Å². The Hall–Kier alpha value is -2.50. The minimum absolute atomic E-state index is 0.0305. The molecule has 2 aromatic rings. The standard InChI is InChI=1S/C11H10N4O2/c1-2-8-5-10(15-7-12-13-14-15)4-3-9(8)6-11(16)17/h2-5,7H,1,6H2,(H,16,17). The molecule has 0 bridgehead atoms. The second kappa shape index (κ2) is 4.56. The van der Waals surface area contributed by atoms with Gasteiger partial charge < -0.3 is 5.11 Å². The lowest BCUT2D eigenvalue weighted by atomic mass is 10.0. The van der Waals surface area contributed by atoms with Gasteiger partial charge in [-0.05, 0) is 33.7 Å². The zero-order chi connectivity index (χ0) is 12.3. The van der Waals surface area contributed by atoms with E-state index < -0.39 is 5.97 Å². The molecule has 0 fully saturated rings. The van der Waals surface area contributed by atoms with Crippen molar-refractivity contribution in [3.8, 4) is 5.69 Å². The number of nitrogens with zero attached hydrogens (tertiary/aromatic N) is 4. The maximum Gasteiger partial charge on any atom is 0.307 e. The van der Waals surface area contributed by atoms with Crippen LogP contribution in [-0.4, -0.2) is 31.3 Å². The Morgan fingerprint density at radius 2 is 2.35 bits per heavy atom. The van der Waals surface area contributed by atoms with Crippen molar-refractivity contribution in [3.05, 3.63) is 42.2 Å². The van der Waals surface area contributed by atoms with Crippen LogP contribution < -0.4 is 0 Å². The van der Waals surface area contributed by atoms with Crippen molar-refractivity contribution in [1.82, 2.24) is 20.2 Å². The summed E-state index contributed by atoms with van der Waals surface area (Å²) in [5.74, 6) is -0.872. The zero-order valence-corrected chi connectivity index (χ0v) is 8.95. The van der Waals surface area contributed by atoms with Crippen LogP contribution in [0.3, 0.4) is 0 Å². The van der Waals surface area contributed by atoms with E-state index in [9.17, 15) is 4.79 Å². The van der Waals surface area contributed by atoms with Crippen molar-refractivity contribution >= 4 is 12.0 Å². The molecule has 86 valence electrons. The van der Waals surface area contributed by atoms with Gasteiger partial charge >= 0.3 is 5.97 Å². The quantitative estimate of drug-likeness (QED) is 0.845. The molecule has 0 aliphatic rings. The number of carboxylic acids is 1. The number of carbonyl (C=O) groups is 1. The van der Waals surface area contributed by atoms with Crippen LogP contribution in [-0.2, 0) is 11.2 Å². The second-order valence-electron chi connectivity index (χ2n) is 3.41. The fourth-order valence-electron chi connectivity index (χ4n) is 1.52. The molecule has 1 aromatic carbocycles. The highest BCUT2D eigenvalue weighted by Gasteiger charge is 2.07. The summed E-state index contributed by atoms with van der Waals surface area (Å²) in [6.45, 7) is 3.67. The monoisotopic (exact) mass is 230 g/mol. The number of aromatic nitrogens is 4. The van der Waals surface area contributed by atoms with Crippen molar-refractivity contribution in [3.63, 3.8) is 0 Å². The fourth-order valence-corrected chi connectivity index (χ4v) is 1.52. The van der Waals surface area contributed by atoms with Crippen LogP contribution in [0.25, 0.3) is 11.8 Å². The Balaban J connectivity index is 2.41. The van der Waals surface area contributed by atoms with Crippen molar-refractivity contribution in [2.45, 2.75) is 6.42 Å². The van der Waals surface area contributed by atoms with E-state index in [1.807, 2.05) is 0 Å². The molecule has 1 aromatic heterocycles. The molecule has 1 heterocycles. The van der Waals surface area contributed by atoms with Crippen molar-refractivity contribution in [2.75, 3.05) is 0 Å². The van der Waals surface area contributed by atoms with Crippen LogP contribution in [0.2, 0.25) is 0 Å². The van der Waals surface area contributed by atoms with E-state index in [0.29, 0.717) is 5.56 Å². The molecule has 2 rings (SSSR count). The van der Waals surface area contributed by atoms with E-state index in [1.165, 1.54) is 11.0 Å². The van der Waals surface area contributed by atoms with Crippen molar-refractivity contribution in [2.24, 2.45) is 0 Å². The van der Waals surface area contributed by atoms with Gasteiger partial charge in [-0.15, -0.1) is 5.10 Å². The van der Waals surface area contributed by atoms with E-state index in [4.69, 9.17) is 5.11 Å². The van der Waals surface area contributed by atoms with Crippen LogP contribution in [0.4, 0.5) is 0 Å². The van der Waals surface area contributed by atoms with Gasteiger partial charge in [-0.2, -0.15) is 0 Å². The maximum atomic E-state index is 10.7. The molecule has 0 saturated heterocycles. The molecule has 6 heteroatoms. The summed E-state index contributed by atoms with van der Waals surface area (Å²) in [6.07, 6.45) is 3.06. The fraction of sp³-hybridized carbons (Fsp3) is 0.0909. The lowest BCUT2D eigenvalue weighted by Gasteiger charge is -2.06. The van der Waals surface area contributed by atoms with Crippen LogP contribution in [0.1, 0.15) is 11.1 Å². The number of benzene rings is 1. The minimum Gasteiger partial charge on any atom is -0.481 e. The topological polar surface area (TPSA) is 80.9 Å². The molecule has 17 heavy (non-hydrogen) atoms. The molecule has 0 aliphatic heterocycles. The lowest BCUT2D eigenvalue weighted by Crippen LogP contribution is -2.03. The van der Waals surface area contributed by atoms with E-state index in [0.717, 1.165) is 11.3 Å². The predicted molar refractivity (Wildman–Crippen MR) is 60.6 cm³/mol.